The van der Waals surface area contributed by atoms with Crippen LogP contribution in [0, 0.1) is 0 Å². The summed E-state index contributed by atoms with van der Waals surface area (Å²) in [6.07, 6.45) is 0.997. The number of phenolic OH excluding ortho intramolecular Hbond substituents is 1. The van der Waals surface area contributed by atoms with E-state index < -0.39 is 11.9 Å². The zero-order valence-corrected chi connectivity index (χ0v) is 21.1. The van der Waals surface area contributed by atoms with Crippen molar-refractivity contribution in [3.63, 3.8) is 0 Å². The van der Waals surface area contributed by atoms with E-state index >= 15 is 0 Å². The molecule has 2 atom stereocenters. The first kappa shape index (κ1) is 28.6. The average molecular weight is 503 g/mol. The number of hydrogen-bond donors (Lipinski definition) is 2. The second-order valence-electron chi connectivity index (χ2n) is 8.53. The monoisotopic (exact) mass is 502 g/mol. The SMILES string of the molecule is CC(=O)OCCC(C)c1ccc(OC(=O)CCOc2cc(O)ccc2C(C)CCO)cc1OC(C)=O. The van der Waals surface area contributed by atoms with Crippen molar-refractivity contribution < 1.29 is 43.5 Å². The van der Waals surface area contributed by atoms with Gasteiger partial charge in [-0.3, -0.25) is 14.4 Å². The first-order chi connectivity index (χ1) is 17.1. The van der Waals surface area contributed by atoms with E-state index in [2.05, 4.69) is 0 Å². The highest BCUT2D eigenvalue weighted by Gasteiger charge is 2.17. The van der Waals surface area contributed by atoms with Crippen LogP contribution in [0.2, 0.25) is 0 Å². The van der Waals surface area contributed by atoms with Crippen LogP contribution in [0.25, 0.3) is 0 Å². The van der Waals surface area contributed by atoms with Crippen LogP contribution in [0.3, 0.4) is 0 Å². The lowest BCUT2D eigenvalue weighted by atomic mass is 9.97. The summed E-state index contributed by atoms with van der Waals surface area (Å²) in [4.78, 5) is 35.0. The molecule has 0 saturated carbocycles. The van der Waals surface area contributed by atoms with Crippen LogP contribution < -0.4 is 14.2 Å². The van der Waals surface area contributed by atoms with Gasteiger partial charge in [-0.25, -0.2) is 0 Å². The molecule has 0 aromatic heterocycles. The Morgan fingerprint density at radius 3 is 2.17 bits per heavy atom. The first-order valence-corrected chi connectivity index (χ1v) is 11.8. The Bertz CT molecular complexity index is 1050. The third-order valence-electron chi connectivity index (χ3n) is 5.51. The Labute approximate surface area is 210 Å². The highest BCUT2D eigenvalue weighted by Crippen LogP contribution is 2.34. The quantitative estimate of drug-likeness (QED) is 0.305. The van der Waals surface area contributed by atoms with E-state index in [0.717, 1.165) is 5.56 Å². The molecule has 0 spiro atoms. The van der Waals surface area contributed by atoms with E-state index in [1.165, 1.54) is 26.0 Å². The minimum Gasteiger partial charge on any atom is -0.508 e. The first-order valence-electron chi connectivity index (χ1n) is 11.8. The van der Waals surface area contributed by atoms with Crippen molar-refractivity contribution in [3.05, 3.63) is 47.5 Å². The van der Waals surface area contributed by atoms with E-state index in [1.807, 2.05) is 13.8 Å². The number of aromatic hydroxyl groups is 1. The maximum atomic E-state index is 12.4. The zero-order valence-electron chi connectivity index (χ0n) is 21.1. The highest BCUT2D eigenvalue weighted by molar-refractivity contribution is 5.73. The number of aliphatic hydroxyl groups excluding tert-OH is 1. The van der Waals surface area contributed by atoms with Crippen LogP contribution in [-0.2, 0) is 19.1 Å². The molecular weight excluding hydrogens is 468 g/mol. The number of phenols is 1. The molecule has 2 aromatic rings. The Morgan fingerprint density at radius 1 is 0.833 bits per heavy atom. The minimum atomic E-state index is -0.551. The number of benzene rings is 2. The molecule has 0 aliphatic rings. The summed E-state index contributed by atoms with van der Waals surface area (Å²) < 4.78 is 21.4. The molecular formula is C27H34O9. The van der Waals surface area contributed by atoms with Crippen molar-refractivity contribution in [2.45, 2.75) is 58.8 Å². The van der Waals surface area contributed by atoms with Crippen molar-refractivity contribution >= 4 is 17.9 Å². The van der Waals surface area contributed by atoms with Gasteiger partial charge in [-0.15, -0.1) is 0 Å². The van der Waals surface area contributed by atoms with E-state index in [9.17, 15) is 24.6 Å². The largest absolute Gasteiger partial charge is 0.508 e. The van der Waals surface area contributed by atoms with Crippen LogP contribution in [0.4, 0.5) is 0 Å². The third-order valence-corrected chi connectivity index (χ3v) is 5.51. The maximum absolute atomic E-state index is 12.4. The fourth-order valence-electron chi connectivity index (χ4n) is 3.59. The standard InChI is InChI=1S/C27H34O9/c1-17(9-12-28)23-7-5-21(31)15-25(23)34-14-11-27(32)36-22-6-8-24(26(16-22)35-20(4)30)18(2)10-13-33-19(3)29/h5-8,15-18,28,31H,9-14H2,1-4H3. The number of carbonyl (C=O) groups is 3. The van der Waals surface area contributed by atoms with Gasteiger partial charge >= 0.3 is 17.9 Å². The molecule has 0 aliphatic heterocycles. The molecule has 2 unspecified atom stereocenters. The van der Waals surface area contributed by atoms with Gasteiger partial charge in [0.05, 0.1) is 19.6 Å². The Morgan fingerprint density at radius 2 is 1.50 bits per heavy atom. The summed E-state index contributed by atoms with van der Waals surface area (Å²) in [5.41, 5.74) is 1.54. The Hall–Kier alpha value is -3.59. The van der Waals surface area contributed by atoms with E-state index in [0.29, 0.717) is 24.2 Å². The van der Waals surface area contributed by atoms with Crippen LogP contribution in [-0.4, -0.2) is 47.9 Å². The van der Waals surface area contributed by atoms with Gasteiger partial charge in [0.15, 0.2) is 0 Å². The van der Waals surface area contributed by atoms with Gasteiger partial charge in [0.1, 0.15) is 23.0 Å². The van der Waals surface area contributed by atoms with Crippen molar-refractivity contribution in [2.24, 2.45) is 0 Å². The van der Waals surface area contributed by atoms with E-state index in [4.69, 9.17) is 18.9 Å². The fourth-order valence-corrected chi connectivity index (χ4v) is 3.59. The molecule has 2 rings (SSSR count). The molecule has 196 valence electrons. The smallest absolute Gasteiger partial charge is 0.314 e. The van der Waals surface area contributed by atoms with Gasteiger partial charge in [-0.05, 0) is 47.9 Å². The predicted octanol–water partition coefficient (Wildman–Crippen LogP) is 4.23. The summed E-state index contributed by atoms with van der Waals surface area (Å²) in [5, 5.41) is 19.0. The van der Waals surface area contributed by atoms with Crippen molar-refractivity contribution in [1.82, 2.24) is 0 Å². The molecule has 9 heteroatoms. The molecule has 9 nitrogen and oxygen atoms in total. The molecule has 0 heterocycles. The summed E-state index contributed by atoms with van der Waals surface area (Å²) >= 11 is 0. The summed E-state index contributed by atoms with van der Waals surface area (Å²) in [5.74, 6) is -0.561. The van der Waals surface area contributed by atoms with Gasteiger partial charge in [0.2, 0.25) is 0 Å². The molecule has 0 fully saturated rings. The number of ether oxygens (including phenoxy) is 4. The number of carbonyl (C=O) groups excluding carboxylic acids is 3. The molecule has 2 aromatic carbocycles. The Kier molecular flexibility index (Phi) is 11.2. The fraction of sp³-hybridized carbons (Fsp3) is 0.444. The molecule has 2 N–H and O–H groups in total. The molecule has 0 bridgehead atoms. The van der Waals surface area contributed by atoms with Crippen molar-refractivity contribution in [1.29, 1.82) is 0 Å². The minimum absolute atomic E-state index is 0.00665. The molecule has 0 aliphatic carbocycles. The molecule has 0 radical (unpaired) electrons. The zero-order chi connectivity index (χ0) is 26.7. The lowest BCUT2D eigenvalue weighted by Gasteiger charge is -2.17. The van der Waals surface area contributed by atoms with Crippen molar-refractivity contribution in [3.8, 4) is 23.0 Å². The summed E-state index contributed by atoms with van der Waals surface area (Å²) in [6, 6.07) is 9.54. The number of hydrogen-bond acceptors (Lipinski definition) is 9. The summed E-state index contributed by atoms with van der Waals surface area (Å²) in [7, 11) is 0. The number of aliphatic hydroxyl groups is 1. The summed E-state index contributed by atoms with van der Waals surface area (Å²) in [6.45, 7) is 6.73. The van der Waals surface area contributed by atoms with Crippen LogP contribution in [0.5, 0.6) is 23.0 Å². The number of rotatable bonds is 13. The predicted molar refractivity (Wildman–Crippen MR) is 131 cm³/mol. The van der Waals surface area contributed by atoms with Gasteiger partial charge in [0.25, 0.3) is 0 Å². The lowest BCUT2D eigenvalue weighted by Crippen LogP contribution is -2.14. The molecule has 0 amide bonds. The number of esters is 3. The van der Waals surface area contributed by atoms with Gasteiger partial charge in [0, 0.05) is 32.6 Å². The molecule has 36 heavy (non-hydrogen) atoms. The van der Waals surface area contributed by atoms with Crippen LogP contribution in [0.1, 0.15) is 69.9 Å². The topological polar surface area (TPSA) is 129 Å². The van der Waals surface area contributed by atoms with Crippen LogP contribution in [0.15, 0.2) is 36.4 Å². The lowest BCUT2D eigenvalue weighted by molar-refractivity contribution is -0.141. The van der Waals surface area contributed by atoms with Gasteiger partial charge in [-0.1, -0.05) is 26.0 Å². The van der Waals surface area contributed by atoms with E-state index in [-0.39, 0.29) is 61.3 Å². The van der Waals surface area contributed by atoms with E-state index in [1.54, 1.807) is 24.3 Å². The van der Waals surface area contributed by atoms with Crippen LogP contribution >= 0.6 is 0 Å². The molecule has 0 saturated heterocycles. The maximum Gasteiger partial charge on any atom is 0.314 e. The van der Waals surface area contributed by atoms with Gasteiger partial charge < -0.3 is 29.2 Å². The highest BCUT2D eigenvalue weighted by atomic mass is 16.5. The second-order valence-corrected chi connectivity index (χ2v) is 8.53. The van der Waals surface area contributed by atoms with Gasteiger partial charge in [-0.2, -0.15) is 0 Å². The Balaban J connectivity index is 2.02. The third kappa shape index (κ3) is 9.22. The normalized spacial score (nSPS) is 12.4. The second kappa shape index (κ2) is 14.1. The van der Waals surface area contributed by atoms with Crippen molar-refractivity contribution in [2.75, 3.05) is 19.8 Å². The average Bonchev–Trinajstić information content (AvgIpc) is 2.78.